The van der Waals surface area contributed by atoms with Crippen LogP contribution in [0.15, 0.2) is 23.1 Å². The molecular weight excluding hydrogens is 417 g/mol. The SMILES string of the molecule is CCCCN(CC(F)(F)F)C(=O)C1CCN(S(=O)(=O)c2ccc3c(c2)CCC3)CC1. The number of piperidine rings is 1. The molecule has 1 aromatic rings. The molecule has 1 aliphatic heterocycles. The Morgan fingerprint density at radius 1 is 1.17 bits per heavy atom. The number of aryl methyl sites for hydroxylation is 2. The first-order chi connectivity index (χ1) is 14.1. The van der Waals surface area contributed by atoms with Gasteiger partial charge in [0.25, 0.3) is 0 Å². The minimum Gasteiger partial charge on any atom is -0.333 e. The zero-order chi connectivity index (χ0) is 21.9. The predicted molar refractivity (Wildman–Crippen MR) is 107 cm³/mol. The zero-order valence-electron chi connectivity index (χ0n) is 17.2. The van der Waals surface area contributed by atoms with Gasteiger partial charge in [0.1, 0.15) is 6.54 Å². The fraction of sp³-hybridized carbons (Fsp3) is 0.667. The van der Waals surface area contributed by atoms with E-state index in [9.17, 15) is 26.4 Å². The van der Waals surface area contributed by atoms with Crippen molar-refractivity contribution in [1.29, 1.82) is 0 Å². The highest BCUT2D eigenvalue weighted by molar-refractivity contribution is 7.89. The third kappa shape index (κ3) is 5.35. The zero-order valence-corrected chi connectivity index (χ0v) is 18.1. The Kier molecular flexibility index (Phi) is 7.12. The molecule has 1 aliphatic carbocycles. The summed E-state index contributed by atoms with van der Waals surface area (Å²) in [7, 11) is -3.67. The molecule has 0 saturated carbocycles. The molecule has 30 heavy (non-hydrogen) atoms. The average Bonchev–Trinajstić information content (AvgIpc) is 3.17. The summed E-state index contributed by atoms with van der Waals surface area (Å²) < 4.78 is 66.0. The van der Waals surface area contributed by atoms with E-state index in [1.165, 1.54) is 9.87 Å². The molecule has 0 atom stereocenters. The van der Waals surface area contributed by atoms with Crippen molar-refractivity contribution in [3.63, 3.8) is 0 Å². The molecule has 1 heterocycles. The monoisotopic (exact) mass is 446 g/mol. The number of carbonyl (C=O) groups is 1. The maximum absolute atomic E-state index is 13.0. The number of carbonyl (C=O) groups excluding carboxylic acids is 1. The highest BCUT2D eigenvalue weighted by Crippen LogP contribution is 2.29. The van der Waals surface area contributed by atoms with Crippen LogP contribution < -0.4 is 0 Å². The summed E-state index contributed by atoms with van der Waals surface area (Å²) in [4.78, 5) is 13.8. The van der Waals surface area contributed by atoms with Crippen LogP contribution >= 0.6 is 0 Å². The Balaban J connectivity index is 1.64. The van der Waals surface area contributed by atoms with Crippen LogP contribution in [0.4, 0.5) is 13.2 Å². The van der Waals surface area contributed by atoms with Gasteiger partial charge in [0, 0.05) is 25.6 Å². The minimum absolute atomic E-state index is 0.0719. The van der Waals surface area contributed by atoms with Gasteiger partial charge in [-0.3, -0.25) is 4.79 Å². The summed E-state index contributed by atoms with van der Waals surface area (Å²) in [5, 5.41) is 0. The highest BCUT2D eigenvalue weighted by Gasteiger charge is 2.38. The lowest BCUT2D eigenvalue weighted by Crippen LogP contribution is -2.47. The number of unbranched alkanes of at least 4 members (excludes halogenated alkanes) is 1. The minimum atomic E-state index is -4.44. The van der Waals surface area contributed by atoms with Crippen LogP contribution in [0.2, 0.25) is 0 Å². The molecule has 168 valence electrons. The number of amides is 1. The van der Waals surface area contributed by atoms with Gasteiger partial charge >= 0.3 is 6.18 Å². The van der Waals surface area contributed by atoms with E-state index in [-0.39, 0.29) is 37.4 Å². The van der Waals surface area contributed by atoms with Gasteiger partial charge in [-0.15, -0.1) is 0 Å². The van der Waals surface area contributed by atoms with Gasteiger partial charge in [0.15, 0.2) is 0 Å². The number of fused-ring (bicyclic) bond motifs is 1. The quantitative estimate of drug-likeness (QED) is 0.641. The molecule has 3 rings (SSSR count). The smallest absolute Gasteiger partial charge is 0.333 e. The molecule has 0 spiro atoms. The second kappa shape index (κ2) is 9.26. The Morgan fingerprint density at radius 2 is 1.83 bits per heavy atom. The highest BCUT2D eigenvalue weighted by atomic mass is 32.2. The van der Waals surface area contributed by atoms with Crippen LogP contribution in [0.5, 0.6) is 0 Å². The first-order valence-corrected chi connectivity index (χ1v) is 12.0. The van der Waals surface area contributed by atoms with Gasteiger partial charge in [0.05, 0.1) is 4.90 Å². The second-order valence-electron chi connectivity index (χ2n) is 8.19. The molecule has 1 fully saturated rings. The summed E-state index contributed by atoms with van der Waals surface area (Å²) in [5.41, 5.74) is 2.26. The molecule has 0 radical (unpaired) electrons. The molecule has 0 aromatic heterocycles. The number of nitrogens with zero attached hydrogens (tertiary/aromatic N) is 2. The Morgan fingerprint density at radius 3 is 2.47 bits per heavy atom. The van der Waals surface area contributed by atoms with Crippen molar-refractivity contribution in [3.05, 3.63) is 29.3 Å². The lowest BCUT2D eigenvalue weighted by atomic mass is 9.96. The van der Waals surface area contributed by atoms with Crippen LogP contribution in [-0.4, -0.2) is 55.9 Å². The van der Waals surface area contributed by atoms with Crippen molar-refractivity contribution < 1.29 is 26.4 Å². The van der Waals surface area contributed by atoms with Gasteiger partial charge in [-0.25, -0.2) is 8.42 Å². The van der Waals surface area contributed by atoms with E-state index in [0.717, 1.165) is 29.7 Å². The number of alkyl halides is 3. The summed E-state index contributed by atoms with van der Waals surface area (Å²) in [6, 6.07) is 5.24. The van der Waals surface area contributed by atoms with Crippen molar-refractivity contribution in [2.24, 2.45) is 5.92 Å². The van der Waals surface area contributed by atoms with E-state index in [4.69, 9.17) is 0 Å². The number of halogens is 3. The molecule has 1 amide bonds. The van der Waals surface area contributed by atoms with Gasteiger partial charge in [-0.05, 0) is 61.8 Å². The molecule has 0 bridgehead atoms. The van der Waals surface area contributed by atoms with Crippen LogP contribution in [0.1, 0.15) is 50.2 Å². The van der Waals surface area contributed by atoms with Gasteiger partial charge in [0.2, 0.25) is 15.9 Å². The molecule has 0 unspecified atom stereocenters. The van der Waals surface area contributed by atoms with Crippen LogP contribution in [0, 0.1) is 5.92 Å². The first kappa shape index (κ1) is 23.1. The van der Waals surface area contributed by atoms with Crippen molar-refractivity contribution in [1.82, 2.24) is 9.21 Å². The summed E-state index contributed by atoms with van der Waals surface area (Å²) >= 11 is 0. The number of benzene rings is 1. The number of hydrogen-bond donors (Lipinski definition) is 0. The molecule has 0 N–H and O–H groups in total. The predicted octanol–water partition coefficient (Wildman–Crippen LogP) is 3.77. The number of sulfonamides is 1. The van der Waals surface area contributed by atoms with E-state index in [0.29, 0.717) is 12.8 Å². The van der Waals surface area contributed by atoms with Crippen molar-refractivity contribution in [3.8, 4) is 0 Å². The summed E-state index contributed by atoms with van der Waals surface area (Å²) in [6.45, 7) is 0.966. The van der Waals surface area contributed by atoms with Crippen LogP contribution in [0.25, 0.3) is 0 Å². The van der Waals surface area contributed by atoms with Gasteiger partial charge in [-0.1, -0.05) is 19.4 Å². The Labute approximate surface area is 176 Å². The van der Waals surface area contributed by atoms with Crippen LogP contribution in [-0.2, 0) is 27.7 Å². The van der Waals surface area contributed by atoms with Gasteiger partial charge in [-0.2, -0.15) is 17.5 Å². The van der Waals surface area contributed by atoms with Gasteiger partial charge < -0.3 is 4.90 Å². The largest absolute Gasteiger partial charge is 0.406 e. The standard InChI is InChI=1S/C21H29F3N2O3S/c1-2-3-11-25(15-21(22,23)24)20(27)17-9-12-26(13-10-17)30(28,29)19-8-7-16-5-4-6-18(16)14-19/h7-8,14,17H,2-6,9-13,15H2,1H3. The molecule has 5 nitrogen and oxygen atoms in total. The number of hydrogen-bond acceptors (Lipinski definition) is 3. The molecule has 9 heteroatoms. The fourth-order valence-electron chi connectivity index (χ4n) is 4.29. The second-order valence-corrected chi connectivity index (χ2v) is 10.1. The van der Waals surface area contributed by atoms with E-state index in [1.807, 2.05) is 13.0 Å². The van der Waals surface area contributed by atoms with Crippen LogP contribution in [0.3, 0.4) is 0 Å². The molecule has 1 saturated heterocycles. The first-order valence-electron chi connectivity index (χ1n) is 10.6. The maximum Gasteiger partial charge on any atom is 0.406 e. The topological polar surface area (TPSA) is 57.7 Å². The van der Waals surface area contributed by atoms with E-state index < -0.39 is 34.6 Å². The van der Waals surface area contributed by atoms with Crippen molar-refractivity contribution in [2.75, 3.05) is 26.2 Å². The van der Waals surface area contributed by atoms with Crippen molar-refractivity contribution in [2.45, 2.75) is 62.9 Å². The molecule has 2 aliphatic rings. The lowest BCUT2D eigenvalue weighted by molar-refractivity contribution is -0.164. The normalized spacial score (nSPS) is 18.4. The number of rotatable bonds is 7. The lowest BCUT2D eigenvalue weighted by Gasteiger charge is -2.34. The summed E-state index contributed by atoms with van der Waals surface area (Å²) in [6.07, 6.45) is 0.108. The molecular formula is C21H29F3N2O3S. The molecule has 1 aromatic carbocycles. The average molecular weight is 447 g/mol. The Bertz CT molecular complexity index is 863. The Hall–Kier alpha value is -1.61. The maximum atomic E-state index is 13.0. The third-order valence-electron chi connectivity index (χ3n) is 5.97. The fourth-order valence-corrected chi connectivity index (χ4v) is 5.81. The van der Waals surface area contributed by atoms with Crippen molar-refractivity contribution >= 4 is 15.9 Å². The van der Waals surface area contributed by atoms with E-state index in [1.54, 1.807) is 12.1 Å². The summed E-state index contributed by atoms with van der Waals surface area (Å²) in [5.74, 6) is -1.09. The van der Waals surface area contributed by atoms with E-state index in [2.05, 4.69) is 0 Å². The van der Waals surface area contributed by atoms with E-state index >= 15 is 0 Å². The third-order valence-corrected chi connectivity index (χ3v) is 7.87.